The predicted molar refractivity (Wildman–Crippen MR) is 95.7 cm³/mol. The van der Waals surface area contributed by atoms with E-state index < -0.39 is 5.97 Å². The summed E-state index contributed by atoms with van der Waals surface area (Å²) < 4.78 is 5.44. The Morgan fingerprint density at radius 2 is 1.88 bits per heavy atom. The first-order valence-corrected chi connectivity index (χ1v) is 8.47. The first-order chi connectivity index (χ1) is 11.8. The Kier molecular flexibility index (Phi) is 6.02. The Labute approximate surface area is 148 Å². The molecule has 1 aromatic carbocycles. The summed E-state index contributed by atoms with van der Waals surface area (Å²) in [7, 11) is 1.70. The highest BCUT2D eigenvalue weighted by atomic mass is 16.4. The fourth-order valence-electron chi connectivity index (χ4n) is 2.77. The summed E-state index contributed by atoms with van der Waals surface area (Å²) in [4.78, 5) is 25.1. The number of nitrogens with zero attached hydrogens (tertiary/aromatic N) is 1. The molecule has 1 heterocycles. The summed E-state index contributed by atoms with van der Waals surface area (Å²) in [6, 6.07) is 9.82. The molecule has 1 unspecified atom stereocenters. The number of aromatic carboxylic acids is 1. The molecular weight excluding hydrogens is 318 g/mol. The van der Waals surface area contributed by atoms with E-state index in [1.165, 1.54) is 11.6 Å². The summed E-state index contributed by atoms with van der Waals surface area (Å²) in [5.74, 6) is -0.0733. The van der Waals surface area contributed by atoms with Gasteiger partial charge in [0, 0.05) is 13.5 Å². The topological polar surface area (TPSA) is 70.8 Å². The number of hydrogen-bond donors (Lipinski definition) is 1. The number of carboxylic acid groups (broad SMARTS) is 1. The summed E-state index contributed by atoms with van der Waals surface area (Å²) in [5, 5.41) is 9.06. The second kappa shape index (κ2) is 8.01. The minimum absolute atomic E-state index is 0.00186. The van der Waals surface area contributed by atoms with Gasteiger partial charge in [-0.05, 0) is 36.5 Å². The number of aryl methyl sites for hydroxylation is 2. The maximum atomic E-state index is 12.4. The molecule has 134 valence electrons. The number of rotatable bonds is 7. The fraction of sp³-hybridized carbons (Fsp3) is 0.400. The van der Waals surface area contributed by atoms with Crippen LogP contribution in [0.25, 0.3) is 0 Å². The molecule has 1 atom stereocenters. The monoisotopic (exact) mass is 343 g/mol. The molecule has 0 spiro atoms. The molecule has 1 amide bonds. The number of carbonyl (C=O) groups excluding carboxylic acids is 1. The predicted octanol–water partition coefficient (Wildman–Crippen LogP) is 4.00. The van der Waals surface area contributed by atoms with Crippen LogP contribution < -0.4 is 0 Å². The summed E-state index contributed by atoms with van der Waals surface area (Å²) >= 11 is 0. The van der Waals surface area contributed by atoms with Gasteiger partial charge < -0.3 is 14.4 Å². The molecule has 25 heavy (non-hydrogen) atoms. The molecule has 0 bridgehead atoms. The molecule has 1 N–H and O–H groups in total. The quantitative estimate of drug-likeness (QED) is 0.825. The van der Waals surface area contributed by atoms with E-state index in [4.69, 9.17) is 9.52 Å². The molecule has 0 fully saturated rings. The van der Waals surface area contributed by atoms with Crippen LogP contribution in [0.4, 0.5) is 0 Å². The van der Waals surface area contributed by atoms with Crippen LogP contribution in [-0.2, 0) is 17.8 Å². The van der Waals surface area contributed by atoms with Gasteiger partial charge in [-0.25, -0.2) is 4.79 Å². The van der Waals surface area contributed by atoms with Gasteiger partial charge in [0.1, 0.15) is 17.1 Å². The average Bonchev–Trinajstić information content (AvgIpc) is 2.95. The Hall–Kier alpha value is -2.56. The highest BCUT2D eigenvalue weighted by Gasteiger charge is 2.19. The normalized spacial score (nSPS) is 12.0. The molecule has 5 nitrogen and oxygen atoms in total. The van der Waals surface area contributed by atoms with E-state index in [2.05, 4.69) is 31.2 Å². The molecule has 0 aliphatic carbocycles. The standard InChI is InChI=1S/C20H25NO4/c1-5-15-6-8-16(9-7-15)13(2)10-19(22)21(4)12-17-11-18(20(23)24)14(3)25-17/h6-9,11,13H,5,10,12H2,1-4H3,(H,23,24). The molecule has 0 aliphatic heterocycles. The maximum Gasteiger partial charge on any atom is 0.339 e. The van der Waals surface area contributed by atoms with E-state index in [1.54, 1.807) is 18.9 Å². The second-order valence-electron chi connectivity index (χ2n) is 6.44. The second-order valence-corrected chi connectivity index (χ2v) is 6.44. The summed E-state index contributed by atoms with van der Waals surface area (Å²) in [5.41, 5.74) is 2.56. The van der Waals surface area contributed by atoms with Crippen LogP contribution in [0.2, 0.25) is 0 Å². The Balaban J connectivity index is 1.97. The van der Waals surface area contributed by atoms with E-state index in [9.17, 15) is 9.59 Å². The smallest absolute Gasteiger partial charge is 0.339 e. The van der Waals surface area contributed by atoms with Crippen molar-refractivity contribution < 1.29 is 19.1 Å². The maximum absolute atomic E-state index is 12.4. The SMILES string of the molecule is CCc1ccc(C(C)CC(=O)N(C)Cc2cc(C(=O)O)c(C)o2)cc1. The van der Waals surface area contributed by atoms with Crippen molar-refractivity contribution in [2.24, 2.45) is 0 Å². The zero-order valence-corrected chi connectivity index (χ0v) is 15.2. The highest BCUT2D eigenvalue weighted by Crippen LogP contribution is 2.22. The zero-order chi connectivity index (χ0) is 18.6. The van der Waals surface area contributed by atoms with E-state index in [1.807, 2.05) is 6.92 Å². The van der Waals surface area contributed by atoms with Crippen LogP contribution in [0.5, 0.6) is 0 Å². The largest absolute Gasteiger partial charge is 0.478 e. The molecule has 0 saturated carbocycles. The van der Waals surface area contributed by atoms with Gasteiger partial charge >= 0.3 is 5.97 Å². The highest BCUT2D eigenvalue weighted by molar-refractivity contribution is 5.88. The van der Waals surface area contributed by atoms with Gasteiger partial charge in [0.05, 0.1) is 6.54 Å². The minimum Gasteiger partial charge on any atom is -0.478 e. The van der Waals surface area contributed by atoms with E-state index in [0.29, 0.717) is 17.9 Å². The van der Waals surface area contributed by atoms with Crippen LogP contribution in [-0.4, -0.2) is 28.9 Å². The van der Waals surface area contributed by atoms with Crippen LogP contribution in [0.3, 0.4) is 0 Å². The lowest BCUT2D eigenvalue weighted by atomic mass is 9.96. The summed E-state index contributed by atoms with van der Waals surface area (Å²) in [6.07, 6.45) is 1.39. The Morgan fingerprint density at radius 1 is 1.24 bits per heavy atom. The lowest BCUT2D eigenvalue weighted by Crippen LogP contribution is -2.27. The molecule has 1 aromatic heterocycles. The zero-order valence-electron chi connectivity index (χ0n) is 15.2. The molecular formula is C20H25NO4. The third-order valence-corrected chi connectivity index (χ3v) is 4.46. The van der Waals surface area contributed by atoms with E-state index in [0.717, 1.165) is 12.0 Å². The summed E-state index contributed by atoms with van der Waals surface area (Å²) in [6.45, 7) is 6.01. The van der Waals surface area contributed by atoms with Gasteiger partial charge in [-0.2, -0.15) is 0 Å². The van der Waals surface area contributed by atoms with E-state index in [-0.39, 0.29) is 23.9 Å². The van der Waals surface area contributed by atoms with Crippen LogP contribution in [0.1, 0.15) is 59.2 Å². The van der Waals surface area contributed by atoms with Crippen molar-refractivity contribution in [1.82, 2.24) is 4.90 Å². The van der Waals surface area contributed by atoms with Gasteiger partial charge in [0.2, 0.25) is 5.91 Å². The number of furan rings is 1. The molecule has 0 aliphatic rings. The van der Waals surface area contributed by atoms with Crippen molar-refractivity contribution in [1.29, 1.82) is 0 Å². The lowest BCUT2D eigenvalue weighted by Gasteiger charge is -2.19. The molecule has 0 saturated heterocycles. The van der Waals surface area contributed by atoms with Crippen molar-refractivity contribution in [3.8, 4) is 0 Å². The van der Waals surface area contributed by atoms with Crippen LogP contribution in [0, 0.1) is 6.92 Å². The Bertz CT molecular complexity index is 746. The average molecular weight is 343 g/mol. The van der Waals surface area contributed by atoms with Crippen molar-refractivity contribution in [3.05, 3.63) is 58.5 Å². The minimum atomic E-state index is -1.02. The third-order valence-electron chi connectivity index (χ3n) is 4.46. The molecule has 2 aromatic rings. The third kappa shape index (κ3) is 4.72. The van der Waals surface area contributed by atoms with Crippen molar-refractivity contribution in [2.45, 2.75) is 46.1 Å². The molecule has 2 rings (SSSR count). The van der Waals surface area contributed by atoms with Crippen molar-refractivity contribution >= 4 is 11.9 Å². The number of carboxylic acids is 1. The van der Waals surface area contributed by atoms with Gasteiger partial charge in [-0.1, -0.05) is 38.1 Å². The Morgan fingerprint density at radius 3 is 2.40 bits per heavy atom. The number of amides is 1. The first kappa shape index (κ1) is 18.8. The van der Waals surface area contributed by atoms with Crippen molar-refractivity contribution in [2.75, 3.05) is 7.05 Å². The van der Waals surface area contributed by atoms with Gasteiger partial charge in [-0.3, -0.25) is 4.79 Å². The van der Waals surface area contributed by atoms with Crippen LogP contribution in [0.15, 0.2) is 34.7 Å². The van der Waals surface area contributed by atoms with Gasteiger partial charge in [0.15, 0.2) is 0 Å². The van der Waals surface area contributed by atoms with Crippen LogP contribution >= 0.6 is 0 Å². The molecule has 5 heteroatoms. The number of benzene rings is 1. The lowest BCUT2D eigenvalue weighted by molar-refractivity contribution is -0.131. The first-order valence-electron chi connectivity index (χ1n) is 8.47. The van der Waals surface area contributed by atoms with Crippen molar-refractivity contribution in [3.63, 3.8) is 0 Å². The fourth-order valence-corrected chi connectivity index (χ4v) is 2.77. The number of hydrogen-bond acceptors (Lipinski definition) is 3. The van der Waals surface area contributed by atoms with Gasteiger partial charge in [-0.15, -0.1) is 0 Å². The number of carbonyl (C=O) groups is 2. The molecule has 0 radical (unpaired) electrons. The van der Waals surface area contributed by atoms with E-state index >= 15 is 0 Å². The van der Waals surface area contributed by atoms with Gasteiger partial charge in [0.25, 0.3) is 0 Å².